The summed E-state index contributed by atoms with van der Waals surface area (Å²) in [4.78, 5) is 27.8. The predicted octanol–water partition coefficient (Wildman–Crippen LogP) is 0.590. The molecule has 1 fully saturated rings. The highest BCUT2D eigenvalue weighted by molar-refractivity contribution is 7.91. The zero-order valence-corrected chi connectivity index (χ0v) is 12.8. The Labute approximate surface area is 122 Å². The van der Waals surface area contributed by atoms with Crippen molar-refractivity contribution in [3.05, 3.63) is 22.5 Å². The number of H-pyrrole nitrogens is 1. The van der Waals surface area contributed by atoms with Gasteiger partial charge in [-0.3, -0.25) is 4.79 Å². The maximum atomic E-state index is 12.6. The number of hydrogen-bond donors (Lipinski definition) is 2. The standard InChI is InChI=1S/C13H18N2O5S/c1-8-10(9(2)14-11(8)13(17)18)12(16)15-4-3-6-21(19,20)7-5-15/h14H,3-7H2,1-2H3,(H,17,18). The van der Waals surface area contributed by atoms with E-state index in [1.54, 1.807) is 13.8 Å². The second-order valence-corrected chi connectivity index (χ2v) is 7.53. The van der Waals surface area contributed by atoms with E-state index in [1.165, 1.54) is 4.90 Å². The minimum atomic E-state index is -3.09. The van der Waals surface area contributed by atoms with Crippen LogP contribution in [0.1, 0.15) is 38.5 Å². The van der Waals surface area contributed by atoms with Crippen LogP contribution in [0, 0.1) is 13.8 Å². The molecule has 116 valence electrons. The van der Waals surface area contributed by atoms with Gasteiger partial charge in [-0.05, 0) is 25.8 Å². The van der Waals surface area contributed by atoms with Gasteiger partial charge in [-0.15, -0.1) is 0 Å². The van der Waals surface area contributed by atoms with Gasteiger partial charge >= 0.3 is 5.97 Å². The lowest BCUT2D eigenvalue weighted by molar-refractivity contribution is 0.0690. The summed E-state index contributed by atoms with van der Waals surface area (Å²) in [7, 11) is -3.09. The third kappa shape index (κ3) is 3.10. The smallest absolute Gasteiger partial charge is 0.352 e. The summed E-state index contributed by atoms with van der Waals surface area (Å²) in [5, 5.41) is 9.07. The molecule has 7 nitrogen and oxygen atoms in total. The molecule has 0 unspecified atom stereocenters. The number of carbonyl (C=O) groups is 2. The van der Waals surface area contributed by atoms with E-state index in [0.29, 0.717) is 29.8 Å². The molecule has 0 atom stereocenters. The summed E-state index contributed by atoms with van der Waals surface area (Å²) < 4.78 is 23.2. The molecule has 2 N–H and O–H groups in total. The zero-order chi connectivity index (χ0) is 15.8. The number of aromatic carboxylic acids is 1. The van der Waals surface area contributed by atoms with Gasteiger partial charge in [-0.2, -0.15) is 0 Å². The highest BCUT2D eigenvalue weighted by Gasteiger charge is 2.28. The first-order valence-corrected chi connectivity index (χ1v) is 8.47. The van der Waals surface area contributed by atoms with Crippen molar-refractivity contribution in [2.75, 3.05) is 24.6 Å². The molecule has 0 spiro atoms. The Morgan fingerprint density at radius 2 is 1.86 bits per heavy atom. The van der Waals surface area contributed by atoms with Crippen LogP contribution in [-0.4, -0.2) is 59.9 Å². The minimum absolute atomic E-state index is 0.00158. The molecule has 1 aromatic rings. The highest BCUT2D eigenvalue weighted by Crippen LogP contribution is 2.21. The lowest BCUT2D eigenvalue weighted by Crippen LogP contribution is -2.34. The highest BCUT2D eigenvalue weighted by atomic mass is 32.2. The Balaban J connectivity index is 2.30. The molecule has 2 rings (SSSR count). The van der Waals surface area contributed by atoms with Crippen molar-refractivity contribution in [2.24, 2.45) is 0 Å². The SMILES string of the molecule is Cc1[nH]c(C(=O)O)c(C)c1C(=O)N1CCCS(=O)(=O)CC1. The average molecular weight is 314 g/mol. The van der Waals surface area contributed by atoms with Crippen molar-refractivity contribution in [1.29, 1.82) is 0 Å². The second kappa shape index (κ2) is 5.51. The number of carbonyl (C=O) groups excluding carboxylic acids is 1. The lowest BCUT2D eigenvalue weighted by Gasteiger charge is -2.20. The van der Waals surface area contributed by atoms with Crippen molar-refractivity contribution in [3.8, 4) is 0 Å². The second-order valence-electron chi connectivity index (χ2n) is 5.23. The third-order valence-electron chi connectivity index (χ3n) is 3.71. The first kappa shape index (κ1) is 15.6. The quantitative estimate of drug-likeness (QED) is 0.830. The van der Waals surface area contributed by atoms with Crippen LogP contribution < -0.4 is 0 Å². The van der Waals surface area contributed by atoms with Crippen LogP contribution in [0.25, 0.3) is 0 Å². The first-order valence-electron chi connectivity index (χ1n) is 6.65. The summed E-state index contributed by atoms with van der Waals surface area (Å²) in [6.07, 6.45) is 0.405. The topological polar surface area (TPSA) is 108 Å². The molecule has 8 heteroatoms. The molecule has 0 saturated carbocycles. The monoisotopic (exact) mass is 314 g/mol. The summed E-state index contributed by atoms with van der Waals surface area (Å²) in [5.41, 5.74) is 1.20. The van der Waals surface area contributed by atoms with E-state index in [2.05, 4.69) is 4.98 Å². The molecule has 1 aromatic heterocycles. The number of aryl methyl sites for hydroxylation is 1. The van der Waals surface area contributed by atoms with E-state index in [4.69, 9.17) is 5.11 Å². The van der Waals surface area contributed by atoms with Gasteiger partial charge in [0.05, 0.1) is 17.1 Å². The Hall–Kier alpha value is -1.83. The maximum absolute atomic E-state index is 12.6. The number of nitrogens with one attached hydrogen (secondary N) is 1. The largest absolute Gasteiger partial charge is 0.477 e. The Morgan fingerprint density at radius 1 is 1.19 bits per heavy atom. The molecule has 1 aliphatic heterocycles. The van der Waals surface area contributed by atoms with Crippen LogP contribution in [-0.2, 0) is 9.84 Å². The van der Waals surface area contributed by atoms with Crippen LogP contribution in [0.4, 0.5) is 0 Å². The van der Waals surface area contributed by atoms with Crippen molar-refractivity contribution in [3.63, 3.8) is 0 Å². The molecule has 0 aromatic carbocycles. The Morgan fingerprint density at radius 3 is 2.43 bits per heavy atom. The van der Waals surface area contributed by atoms with Gasteiger partial charge in [-0.1, -0.05) is 0 Å². The molecule has 1 saturated heterocycles. The molecule has 2 heterocycles. The predicted molar refractivity (Wildman–Crippen MR) is 76.4 cm³/mol. The van der Waals surface area contributed by atoms with E-state index >= 15 is 0 Å². The molecule has 0 aliphatic carbocycles. The molecule has 0 radical (unpaired) electrons. The summed E-state index contributed by atoms with van der Waals surface area (Å²) in [5.74, 6) is -1.39. The lowest BCUT2D eigenvalue weighted by atomic mass is 10.1. The number of rotatable bonds is 2. The number of hydrogen-bond acceptors (Lipinski definition) is 4. The van der Waals surface area contributed by atoms with Crippen LogP contribution in [0.15, 0.2) is 0 Å². The number of nitrogens with zero attached hydrogens (tertiary/aromatic N) is 1. The van der Waals surface area contributed by atoms with E-state index in [-0.39, 0.29) is 29.7 Å². The van der Waals surface area contributed by atoms with Crippen LogP contribution in [0.3, 0.4) is 0 Å². The minimum Gasteiger partial charge on any atom is -0.477 e. The van der Waals surface area contributed by atoms with Crippen molar-refractivity contribution < 1.29 is 23.1 Å². The van der Waals surface area contributed by atoms with Gasteiger partial charge in [0.1, 0.15) is 5.69 Å². The number of aromatic nitrogens is 1. The molecule has 21 heavy (non-hydrogen) atoms. The fraction of sp³-hybridized carbons (Fsp3) is 0.538. The fourth-order valence-electron chi connectivity index (χ4n) is 2.58. The van der Waals surface area contributed by atoms with Gasteiger partial charge in [0.15, 0.2) is 9.84 Å². The van der Waals surface area contributed by atoms with Gasteiger partial charge in [-0.25, -0.2) is 13.2 Å². The van der Waals surface area contributed by atoms with E-state index < -0.39 is 15.8 Å². The normalized spacial score (nSPS) is 18.3. The van der Waals surface area contributed by atoms with Crippen LogP contribution in [0.5, 0.6) is 0 Å². The van der Waals surface area contributed by atoms with Gasteiger partial charge in [0, 0.05) is 18.8 Å². The average Bonchev–Trinajstić information content (AvgIpc) is 2.55. The number of aromatic amines is 1. The molecular formula is C13H18N2O5S. The maximum Gasteiger partial charge on any atom is 0.352 e. The van der Waals surface area contributed by atoms with E-state index in [1.807, 2.05) is 0 Å². The summed E-state index contributed by atoms with van der Waals surface area (Å²) in [6, 6.07) is 0. The van der Waals surface area contributed by atoms with Crippen molar-refractivity contribution in [1.82, 2.24) is 9.88 Å². The summed E-state index contributed by atoms with van der Waals surface area (Å²) in [6.45, 7) is 3.73. The van der Waals surface area contributed by atoms with Gasteiger partial charge in [0.25, 0.3) is 5.91 Å². The molecule has 1 amide bonds. The number of amides is 1. The van der Waals surface area contributed by atoms with E-state index in [0.717, 1.165) is 0 Å². The first-order chi connectivity index (χ1) is 9.73. The number of carboxylic acids is 1. The molecular weight excluding hydrogens is 296 g/mol. The van der Waals surface area contributed by atoms with Gasteiger partial charge in [0.2, 0.25) is 0 Å². The zero-order valence-electron chi connectivity index (χ0n) is 12.0. The van der Waals surface area contributed by atoms with Crippen molar-refractivity contribution in [2.45, 2.75) is 20.3 Å². The molecule has 0 bridgehead atoms. The van der Waals surface area contributed by atoms with E-state index in [9.17, 15) is 18.0 Å². The van der Waals surface area contributed by atoms with Crippen LogP contribution in [0.2, 0.25) is 0 Å². The molecule has 1 aliphatic rings. The number of carboxylic acid groups (broad SMARTS) is 1. The fourth-order valence-corrected chi connectivity index (χ4v) is 3.86. The Kier molecular flexibility index (Phi) is 4.08. The third-order valence-corrected chi connectivity index (χ3v) is 5.42. The number of sulfone groups is 1. The van der Waals surface area contributed by atoms with Crippen LogP contribution >= 0.6 is 0 Å². The summed E-state index contributed by atoms with van der Waals surface area (Å²) >= 11 is 0. The van der Waals surface area contributed by atoms with Crippen molar-refractivity contribution >= 4 is 21.7 Å². The Bertz CT molecular complexity index is 690. The van der Waals surface area contributed by atoms with Gasteiger partial charge < -0.3 is 15.0 Å².